The summed E-state index contributed by atoms with van der Waals surface area (Å²) in [6.45, 7) is 6.04. The van der Waals surface area contributed by atoms with Crippen molar-refractivity contribution in [2.24, 2.45) is 0 Å². The quantitative estimate of drug-likeness (QED) is 0.549. The maximum absolute atomic E-state index is 12.6. The third-order valence-corrected chi connectivity index (χ3v) is 5.16. The van der Waals surface area contributed by atoms with Gasteiger partial charge in [0.2, 0.25) is 0 Å². The van der Waals surface area contributed by atoms with E-state index >= 15 is 0 Å². The molecule has 30 heavy (non-hydrogen) atoms. The summed E-state index contributed by atoms with van der Waals surface area (Å²) < 4.78 is 16.7. The number of hydrogen-bond donors (Lipinski definition) is 0. The Morgan fingerprint density at radius 2 is 1.77 bits per heavy atom. The van der Waals surface area contributed by atoms with Crippen LogP contribution in [0.25, 0.3) is 27.5 Å². The van der Waals surface area contributed by atoms with Gasteiger partial charge in [0.25, 0.3) is 0 Å². The second-order valence-corrected chi connectivity index (χ2v) is 8.38. The van der Waals surface area contributed by atoms with Crippen LogP contribution in [0.2, 0.25) is 0 Å². The lowest BCUT2D eigenvalue weighted by Crippen LogP contribution is -2.41. The molecule has 0 spiro atoms. The smallest absolute Gasteiger partial charge is 0.410 e. The summed E-state index contributed by atoms with van der Waals surface area (Å²) >= 11 is 0. The van der Waals surface area contributed by atoms with E-state index in [-0.39, 0.29) is 6.54 Å². The van der Waals surface area contributed by atoms with Crippen LogP contribution in [-0.4, -0.2) is 42.8 Å². The van der Waals surface area contributed by atoms with Crippen molar-refractivity contribution in [2.45, 2.75) is 32.8 Å². The molecular weight excluding hydrogens is 382 g/mol. The van der Waals surface area contributed by atoms with Crippen molar-refractivity contribution in [1.29, 1.82) is 0 Å². The second kappa shape index (κ2) is 7.52. The summed E-state index contributed by atoms with van der Waals surface area (Å²) in [6, 6.07) is 13.8. The first-order valence-electron chi connectivity index (χ1n) is 9.97. The van der Waals surface area contributed by atoms with Crippen LogP contribution >= 0.6 is 0 Å². The van der Waals surface area contributed by atoms with E-state index in [0.717, 1.165) is 33.1 Å². The molecule has 6 nitrogen and oxygen atoms in total. The Hall–Kier alpha value is -3.28. The van der Waals surface area contributed by atoms with Gasteiger partial charge in [-0.1, -0.05) is 36.4 Å². The molecular formula is C24H25NO5. The lowest BCUT2D eigenvalue weighted by Gasteiger charge is -2.32. The minimum Gasteiger partial charge on any atom is -0.466 e. The van der Waals surface area contributed by atoms with Crippen molar-refractivity contribution in [3.05, 3.63) is 53.6 Å². The zero-order valence-electron chi connectivity index (χ0n) is 17.7. The van der Waals surface area contributed by atoms with Crippen molar-refractivity contribution in [1.82, 2.24) is 4.90 Å². The van der Waals surface area contributed by atoms with E-state index in [1.807, 2.05) is 63.2 Å². The average Bonchev–Trinajstić information content (AvgIpc) is 3.10. The third kappa shape index (κ3) is 3.65. The fourth-order valence-corrected chi connectivity index (χ4v) is 3.84. The lowest BCUT2D eigenvalue weighted by atomic mass is 9.92. The minimum atomic E-state index is -0.605. The van der Waals surface area contributed by atoms with Crippen molar-refractivity contribution in [2.75, 3.05) is 20.2 Å². The highest BCUT2D eigenvalue weighted by Crippen LogP contribution is 2.37. The number of benzene rings is 2. The molecule has 0 N–H and O–H groups in total. The summed E-state index contributed by atoms with van der Waals surface area (Å²) in [4.78, 5) is 26.7. The molecule has 4 rings (SSSR count). The Morgan fingerprint density at radius 1 is 1.03 bits per heavy atom. The zero-order valence-corrected chi connectivity index (χ0v) is 17.7. The van der Waals surface area contributed by atoms with Gasteiger partial charge in [0.15, 0.2) is 0 Å². The molecule has 1 aliphatic rings. The highest BCUT2D eigenvalue weighted by molar-refractivity contribution is 6.10. The SMILES string of the molecule is COC(=O)C1=C(c2cccc3c2oc2ccccc23)CCN(C(=O)OC(C)(C)C)C1. The number of esters is 1. The Kier molecular flexibility index (Phi) is 5.02. The molecule has 1 amide bonds. The number of furan rings is 1. The topological polar surface area (TPSA) is 69.0 Å². The van der Waals surface area contributed by atoms with Crippen LogP contribution < -0.4 is 0 Å². The molecule has 0 saturated heterocycles. The van der Waals surface area contributed by atoms with Crippen molar-refractivity contribution >= 4 is 39.6 Å². The number of nitrogens with zero attached hydrogens (tertiary/aromatic N) is 1. The molecule has 0 atom stereocenters. The number of carbonyl (C=O) groups is 2. The number of hydrogen-bond acceptors (Lipinski definition) is 5. The number of amides is 1. The predicted octanol–water partition coefficient (Wildman–Crippen LogP) is 5.15. The van der Waals surface area contributed by atoms with E-state index in [4.69, 9.17) is 13.9 Å². The second-order valence-electron chi connectivity index (χ2n) is 8.38. The number of rotatable bonds is 2. The highest BCUT2D eigenvalue weighted by atomic mass is 16.6. The molecule has 0 fully saturated rings. The fourth-order valence-electron chi connectivity index (χ4n) is 3.84. The van der Waals surface area contributed by atoms with Gasteiger partial charge in [-0.05, 0) is 38.8 Å². The van der Waals surface area contributed by atoms with Crippen molar-refractivity contribution < 1.29 is 23.5 Å². The van der Waals surface area contributed by atoms with E-state index in [1.165, 1.54) is 7.11 Å². The largest absolute Gasteiger partial charge is 0.466 e. The van der Waals surface area contributed by atoms with Gasteiger partial charge < -0.3 is 18.8 Å². The van der Waals surface area contributed by atoms with Gasteiger partial charge in [0.1, 0.15) is 16.8 Å². The molecule has 0 aliphatic carbocycles. The normalized spacial score (nSPS) is 15.0. The summed E-state index contributed by atoms with van der Waals surface area (Å²) in [6.07, 6.45) is 0.0599. The van der Waals surface area contributed by atoms with Crippen LogP contribution in [-0.2, 0) is 14.3 Å². The molecule has 3 aromatic rings. The molecule has 2 aromatic carbocycles. The minimum absolute atomic E-state index is 0.132. The van der Waals surface area contributed by atoms with Crippen LogP contribution in [0, 0.1) is 0 Å². The molecule has 1 aliphatic heterocycles. The average molecular weight is 407 g/mol. The van der Waals surface area contributed by atoms with Crippen LogP contribution in [0.3, 0.4) is 0 Å². The maximum Gasteiger partial charge on any atom is 0.410 e. The summed E-state index contributed by atoms with van der Waals surface area (Å²) in [5, 5.41) is 2.02. The van der Waals surface area contributed by atoms with E-state index in [1.54, 1.807) is 4.90 Å². The van der Waals surface area contributed by atoms with Crippen LogP contribution in [0.5, 0.6) is 0 Å². The standard InChI is InChI=1S/C24H25NO5/c1-24(2,3)30-23(27)25-13-12-15(19(14-25)22(26)28-4)17-9-7-10-18-16-8-5-6-11-20(16)29-21(17)18/h5-11H,12-14H2,1-4H3. The van der Waals surface area contributed by atoms with Crippen LogP contribution in [0.1, 0.15) is 32.8 Å². The zero-order chi connectivity index (χ0) is 21.5. The summed E-state index contributed by atoms with van der Waals surface area (Å²) in [5.74, 6) is -0.452. The maximum atomic E-state index is 12.6. The predicted molar refractivity (Wildman–Crippen MR) is 115 cm³/mol. The molecule has 6 heteroatoms. The van der Waals surface area contributed by atoms with Gasteiger partial charge >= 0.3 is 12.1 Å². The van der Waals surface area contributed by atoms with Gasteiger partial charge in [-0.2, -0.15) is 0 Å². The Balaban J connectivity index is 1.80. The first kappa shape index (κ1) is 20.0. The molecule has 2 heterocycles. The molecule has 156 valence electrons. The molecule has 0 unspecified atom stereocenters. The summed E-state index contributed by atoms with van der Waals surface area (Å²) in [7, 11) is 1.35. The molecule has 0 saturated carbocycles. The molecule has 0 radical (unpaired) electrons. The number of methoxy groups -OCH3 is 1. The van der Waals surface area contributed by atoms with E-state index in [2.05, 4.69) is 0 Å². The lowest BCUT2D eigenvalue weighted by molar-refractivity contribution is -0.136. The van der Waals surface area contributed by atoms with Crippen LogP contribution in [0.15, 0.2) is 52.5 Å². The van der Waals surface area contributed by atoms with Gasteiger partial charge in [-0.15, -0.1) is 0 Å². The van der Waals surface area contributed by atoms with Crippen molar-refractivity contribution in [3.8, 4) is 0 Å². The number of carbonyl (C=O) groups excluding carboxylic acids is 2. The first-order chi connectivity index (χ1) is 14.3. The van der Waals surface area contributed by atoms with Gasteiger partial charge in [0.05, 0.1) is 19.2 Å². The number of para-hydroxylation sites is 2. The first-order valence-corrected chi connectivity index (χ1v) is 9.97. The van der Waals surface area contributed by atoms with Crippen molar-refractivity contribution in [3.63, 3.8) is 0 Å². The van der Waals surface area contributed by atoms with Gasteiger partial charge in [-0.25, -0.2) is 9.59 Å². The fraction of sp³-hybridized carbons (Fsp3) is 0.333. The molecule has 1 aromatic heterocycles. The molecule has 0 bridgehead atoms. The van der Waals surface area contributed by atoms with E-state index < -0.39 is 17.7 Å². The third-order valence-electron chi connectivity index (χ3n) is 5.16. The monoisotopic (exact) mass is 407 g/mol. The van der Waals surface area contributed by atoms with Gasteiger partial charge in [-0.3, -0.25) is 0 Å². The van der Waals surface area contributed by atoms with Crippen LogP contribution in [0.4, 0.5) is 4.79 Å². The highest BCUT2D eigenvalue weighted by Gasteiger charge is 2.31. The van der Waals surface area contributed by atoms with E-state index in [0.29, 0.717) is 18.5 Å². The summed E-state index contributed by atoms with van der Waals surface area (Å²) in [5.41, 5.74) is 3.07. The van der Waals surface area contributed by atoms with E-state index in [9.17, 15) is 9.59 Å². The number of ether oxygens (including phenoxy) is 2. The van der Waals surface area contributed by atoms with Gasteiger partial charge in [0, 0.05) is 22.9 Å². The Morgan fingerprint density at radius 3 is 2.50 bits per heavy atom. The number of fused-ring (bicyclic) bond motifs is 3. The Labute approximate surface area is 175 Å². The Bertz CT molecular complexity index is 1170.